The van der Waals surface area contributed by atoms with Crippen molar-refractivity contribution in [2.45, 2.75) is 270 Å². The Balaban J connectivity index is 5.42. The smallest absolute Gasteiger partial charge is 0.456 e. The number of esters is 1. The summed E-state index contributed by atoms with van der Waals surface area (Å²) in [6.07, 6.45) is 62.2. The molecular formula is C60H112N2O7P+. The number of unbranched alkanes of at least 4 members (excludes halogenated alkanes) is 28. The number of likely N-dealkylation sites (N-methyl/N-ethyl adjacent to an activating group) is 1. The maximum atomic E-state index is 13.5. The van der Waals surface area contributed by atoms with Crippen LogP contribution in [0.4, 0.5) is 0 Å². The summed E-state index contributed by atoms with van der Waals surface area (Å²) in [5.74, 6) is -0.566. The fourth-order valence-electron chi connectivity index (χ4n) is 8.17. The number of carbonyl (C=O) groups is 2. The van der Waals surface area contributed by atoms with Crippen LogP contribution in [0, 0.1) is 0 Å². The number of rotatable bonds is 52. The third-order valence-corrected chi connectivity index (χ3v) is 13.7. The number of hydrogen-bond donors (Lipinski definition) is 2. The van der Waals surface area contributed by atoms with Gasteiger partial charge in [-0.2, -0.15) is 0 Å². The number of amides is 1. The molecule has 0 aliphatic heterocycles. The molecule has 0 aliphatic rings. The first-order valence-corrected chi connectivity index (χ1v) is 30.6. The van der Waals surface area contributed by atoms with Crippen LogP contribution in [0.2, 0.25) is 0 Å². The average molecular weight is 1000 g/mol. The lowest BCUT2D eigenvalue weighted by Gasteiger charge is -2.27. The van der Waals surface area contributed by atoms with E-state index in [0.717, 1.165) is 64.2 Å². The zero-order valence-electron chi connectivity index (χ0n) is 46.5. The van der Waals surface area contributed by atoms with Crippen LogP contribution in [0.15, 0.2) is 60.8 Å². The average Bonchev–Trinajstić information content (AvgIpc) is 3.32. The normalized spacial score (nSPS) is 14.2. The standard InChI is InChI=1S/C60H111N2O7P/c1-7-10-13-16-19-22-25-28-30-31-33-35-38-41-44-47-50-53-60(64)69-58(51-48-45-42-39-36-27-24-21-18-15-12-9-3)57(56-68-70(65,66)67-55-54-62(4,5)6)61-59(63)52-49-46-43-40-37-34-32-29-26-23-20-17-14-11-8-2/h19,22,28,30,33,35,41,44,48,51,57-58H,7-18,20-21,23-27,29,31-32,34,36-40,42-43,45-47,49-50,52-56H2,1-6H3,(H-,61,63,65,66)/p+1/b22-19-,30-28-,35-33-,44-41-,51-48+. The molecule has 1 amide bonds. The van der Waals surface area contributed by atoms with Crippen LogP contribution in [0.5, 0.6) is 0 Å². The molecule has 0 aromatic heterocycles. The van der Waals surface area contributed by atoms with E-state index in [4.69, 9.17) is 13.8 Å². The van der Waals surface area contributed by atoms with Gasteiger partial charge in [-0.25, -0.2) is 4.57 Å². The summed E-state index contributed by atoms with van der Waals surface area (Å²) in [6.45, 7) is 6.95. The highest BCUT2D eigenvalue weighted by Crippen LogP contribution is 2.43. The van der Waals surface area contributed by atoms with Crippen molar-refractivity contribution in [1.82, 2.24) is 5.32 Å². The number of allylic oxidation sites excluding steroid dienone is 9. The van der Waals surface area contributed by atoms with Gasteiger partial charge in [0, 0.05) is 12.8 Å². The van der Waals surface area contributed by atoms with Gasteiger partial charge in [-0.3, -0.25) is 18.6 Å². The van der Waals surface area contributed by atoms with Crippen LogP contribution in [0.1, 0.15) is 258 Å². The van der Waals surface area contributed by atoms with Gasteiger partial charge in [-0.05, 0) is 70.3 Å². The van der Waals surface area contributed by atoms with Crippen molar-refractivity contribution >= 4 is 19.7 Å². The van der Waals surface area contributed by atoms with Crippen LogP contribution < -0.4 is 5.32 Å². The van der Waals surface area contributed by atoms with Crippen molar-refractivity contribution in [2.75, 3.05) is 40.9 Å². The maximum Gasteiger partial charge on any atom is 0.472 e. The van der Waals surface area contributed by atoms with Crippen molar-refractivity contribution in [3.8, 4) is 0 Å². The first-order valence-electron chi connectivity index (χ1n) is 29.1. The number of ether oxygens (including phenoxy) is 1. The highest BCUT2D eigenvalue weighted by Gasteiger charge is 2.30. The third kappa shape index (κ3) is 50.6. The molecule has 0 aliphatic carbocycles. The number of quaternary nitrogens is 1. The van der Waals surface area contributed by atoms with E-state index in [1.807, 2.05) is 33.3 Å². The molecule has 0 heterocycles. The van der Waals surface area contributed by atoms with E-state index in [1.54, 1.807) is 0 Å². The second kappa shape index (κ2) is 50.3. The fourth-order valence-corrected chi connectivity index (χ4v) is 8.90. The van der Waals surface area contributed by atoms with E-state index in [9.17, 15) is 19.0 Å². The molecule has 0 spiro atoms. The van der Waals surface area contributed by atoms with Crippen LogP contribution in [0.3, 0.4) is 0 Å². The number of hydrogen-bond acceptors (Lipinski definition) is 6. The van der Waals surface area contributed by atoms with Gasteiger partial charge >= 0.3 is 13.8 Å². The quantitative estimate of drug-likeness (QED) is 0.0205. The third-order valence-electron chi connectivity index (χ3n) is 12.7. The van der Waals surface area contributed by atoms with Crippen molar-refractivity contribution < 1.29 is 37.3 Å². The Hall–Kier alpha value is -2.29. The molecule has 3 unspecified atom stereocenters. The summed E-state index contributed by atoms with van der Waals surface area (Å²) in [5.41, 5.74) is 0. The van der Waals surface area contributed by atoms with Crippen molar-refractivity contribution in [3.63, 3.8) is 0 Å². The summed E-state index contributed by atoms with van der Waals surface area (Å²) in [7, 11) is 1.47. The molecule has 10 heteroatoms. The minimum absolute atomic E-state index is 0.0319. The lowest BCUT2D eigenvalue weighted by atomic mass is 10.0. The van der Waals surface area contributed by atoms with E-state index in [2.05, 4.69) is 74.7 Å². The topological polar surface area (TPSA) is 111 Å². The van der Waals surface area contributed by atoms with Crippen molar-refractivity contribution in [1.29, 1.82) is 0 Å². The second-order valence-electron chi connectivity index (χ2n) is 20.8. The highest BCUT2D eigenvalue weighted by molar-refractivity contribution is 7.47. The van der Waals surface area contributed by atoms with Gasteiger partial charge in [0.15, 0.2) is 0 Å². The van der Waals surface area contributed by atoms with E-state index < -0.39 is 20.0 Å². The minimum atomic E-state index is -4.45. The zero-order chi connectivity index (χ0) is 51.5. The van der Waals surface area contributed by atoms with Crippen LogP contribution >= 0.6 is 7.82 Å². The number of carbonyl (C=O) groups excluding carboxylic acids is 2. The molecule has 0 aromatic carbocycles. The Bertz CT molecular complexity index is 1390. The molecular weight excluding hydrogens is 892 g/mol. The van der Waals surface area contributed by atoms with Gasteiger partial charge in [-0.15, -0.1) is 0 Å². The SMILES string of the molecule is CCCCC/C=C\C/C=C\C/C=C\C/C=C\CCCC(=O)OC(/C=C/CCCCCCCCCCCC)C(COP(=O)(O)OCC[N+](C)(C)C)NC(=O)CCCCCCCCCCCCCCCCC. The summed E-state index contributed by atoms with van der Waals surface area (Å²) in [4.78, 5) is 37.6. The molecule has 408 valence electrons. The summed E-state index contributed by atoms with van der Waals surface area (Å²) < 4.78 is 30.6. The number of phosphoric ester groups is 1. The highest BCUT2D eigenvalue weighted by atomic mass is 31.2. The Labute approximate surface area is 432 Å². The molecule has 0 bridgehead atoms. The molecule has 0 aromatic rings. The zero-order valence-corrected chi connectivity index (χ0v) is 47.4. The predicted octanol–water partition coefficient (Wildman–Crippen LogP) is 17.5. The van der Waals surface area contributed by atoms with Gasteiger partial charge < -0.3 is 19.4 Å². The van der Waals surface area contributed by atoms with E-state index in [1.165, 1.54) is 154 Å². The van der Waals surface area contributed by atoms with E-state index in [0.29, 0.717) is 23.9 Å². The largest absolute Gasteiger partial charge is 0.472 e. The van der Waals surface area contributed by atoms with Gasteiger partial charge in [0.2, 0.25) is 5.91 Å². The van der Waals surface area contributed by atoms with E-state index in [-0.39, 0.29) is 31.5 Å². The molecule has 0 saturated carbocycles. The molecule has 0 radical (unpaired) electrons. The molecule has 0 saturated heterocycles. The van der Waals surface area contributed by atoms with E-state index >= 15 is 0 Å². The summed E-state index contributed by atoms with van der Waals surface area (Å²) in [6, 6.07) is -0.868. The Morgan fingerprint density at radius 2 is 0.886 bits per heavy atom. The Morgan fingerprint density at radius 1 is 0.500 bits per heavy atom. The van der Waals surface area contributed by atoms with Crippen molar-refractivity contribution in [3.05, 3.63) is 60.8 Å². The molecule has 2 N–H and O–H groups in total. The minimum Gasteiger partial charge on any atom is -0.456 e. The van der Waals surface area contributed by atoms with Crippen molar-refractivity contribution in [2.24, 2.45) is 0 Å². The van der Waals surface area contributed by atoms with Crippen LogP contribution in [-0.4, -0.2) is 74.3 Å². The number of nitrogens with one attached hydrogen (secondary N) is 1. The molecule has 9 nitrogen and oxygen atoms in total. The second-order valence-corrected chi connectivity index (χ2v) is 22.3. The number of phosphoric acid groups is 1. The Morgan fingerprint density at radius 3 is 1.36 bits per heavy atom. The monoisotopic (exact) mass is 1000 g/mol. The first kappa shape index (κ1) is 67.7. The van der Waals surface area contributed by atoms with Crippen LogP contribution in [-0.2, 0) is 27.9 Å². The predicted molar refractivity (Wildman–Crippen MR) is 300 cm³/mol. The lowest BCUT2D eigenvalue weighted by Crippen LogP contribution is -2.47. The molecule has 0 fully saturated rings. The number of nitrogens with zero attached hydrogens (tertiary/aromatic N) is 1. The maximum absolute atomic E-state index is 13.5. The van der Waals surface area contributed by atoms with Crippen LogP contribution in [0.25, 0.3) is 0 Å². The molecule has 0 rings (SSSR count). The van der Waals surface area contributed by atoms with Gasteiger partial charge in [-0.1, -0.05) is 236 Å². The summed E-state index contributed by atoms with van der Waals surface area (Å²) >= 11 is 0. The first-order chi connectivity index (χ1) is 33.9. The van der Waals surface area contributed by atoms with Gasteiger partial charge in [0.25, 0.3) is 0 Å². The Kier molecular flexibility index (Phi) is 48.6. The summed E-state index contributed by atoms with van der Waals surface area (Å²) in [5, 5.41) is 3.04. The molecule has 70 heavy (non-hydrogen) atoms. The molecule has 3 atom stereocenters. The lowest BCUT2D eigenvalue weighted by molar-refractivity contribution is -0.870. The van der Waals surface area contributed by atoms with Gasteiger partial charge in [0.05, 0.1) is 33.8 Å². The van der Waals surface area contributed by atoms with Gasteiger partial charge in [0.1, 0.15) is 19.3 Å². The fraction of sp³-hybridized carbons (Fsp3) is 0.800.